The summed E-state index contributed by atoms with van der Waals surface area (Å²) >= 11 is 6.50. The zero-order valence-corrected chi connectivity index (χ0v) is 21.8. The molecule has 2 saturated heterocycles. The molecule has 1 aromatic heterocycles. The van der Waals surface area contributed by atoms with Crippen LogP contribution in [0.4, 0.5) is 5.69 Å². The number of Topliss-reactive ketones (excluding diaryl/α,β-unsaturated/α-hetero) is 1. The van der Waals surface area contributed by atoms with Crippen LogP contribution < -0.4 is 5.32 Å². The first-order valence-electron chi connectivity index (χ1n) is 12.4. The highest BCUT2D eigenvalue weighted by Gasteiger charge is 2.31. The predicted octanol–water partition coefficient (Wildman–Crippen LogP) is 4.41. The largest absolute Gasteiger partial charge is 0.385 e. The first-order valence-corrected chi connectivity index (χ1v) is 14.4. The maximum atomic E-state index is 13.0. The molecule has 0 spiro atoms. The van der Waals surface area contributed by atoms with Gasteiger partial charge in [-0.3, -0.25) is 9.78 Å². The number of ether oxygens (including phenoxy) is 1. The Kier molecular flexibility index (Phi) is 8.81. The monoisotopic (exact) mass is 519 g/mol. The van der Waals surface area contributed by atoms with Crippen molar-refractivity contribution < 1.29 is 17.9 Å². The molecule has 190 valence electrons. The average Bonchev–Trinajstić information content (AvgIpc) is 2.89. The summed E-state index contributed by atoms with van der Waals surface area (Å²) in [5.74, 6) is 0.383. The van der Waals surface area contributed by atoms with Crippen LogP contribution in [0.15, 0.2) is 36.5 Å². The number of piperidine rings is 1. The van der Waals surface area contributed by atoms with Gasteiger partial charge in [-0.2, -0.15) is 0 Å². The number of rotatable bonds is 9. The molecule has 2 aliphatic heterocycles. The quantitative estimate of drug-likeness (QED) is 0.527. The number of aromatic nitrogens is 1. The Labute approximate surface area is 213 Å². The SMILES string of the molecule is CCS(=O)(=O)N1CCC[C@H](C(=O)Cc2cc(-c3cccc(NCC4CCOCC4)c3)c(Cl)cn2)C1. The van der Waals surface area contributed by atoms with E-state index in [1.54, 1.807) is 13.1 Å². The van der Waals surface area contributed by atoms with Gasteiger partial charge in [-0.1, -0.05) is 23.7 Å². The second-order valence-electron chi connectivity index (χ2n) is 9.41. The number of carbonyl (C=O) groups excluding carboxylic acids is 1. The average molecular weight is 520 g/mol. The summed E-state index contributed by atoms with van der Waals surface area (Å²) < 4.78 is 31.4. The van der Waals surface area contributed by atoms with Crippen molar-refractivity contribution in [2.24, 2.45) is 11.8 Å². The molecule has 1 N–H and O–H groups in total. The molecular formula is C26H34ClN3O4S. The van der Waals surface area contributed by atoms with E-state index in [1.165, 1.54) is 4.31 Å². The molecule has 0 radical (unpaired) electrons. The van der Waals surface area contributed by atoms with Crippen molar-refractivity contribution in [2.45, 2.75) is 39.0 Å². The van der Waals surface area contributed by atoms with Crippen LogP contribution in [-0.2, 0) is 26.0 Å². The third kappa shape index (κ3) is 6.82. The number of ketones is 1. The molecule has 7 nitrogen and oxygen atoms in total. The molecule has 1 aromatic carbocycles. The minimum atomic E-state index is -3.29. The van der Waals surface area contributed by atoms with E-state index in [0.29, 0.717) is 36.0 Å². The molecule has 2 aromatic rings. The smallest absolute Gasteiger partial charge is 0.213 e. The summed E-state index contributed by atoms with van der Waals surface area (Å²) in [6.45, 7) is 4.94. The van der Waals surface area contributed by atoms with E-state index in [0.717, 1.165) is 49.4 Å². The van der Waals surface area contributed by atoms with Crippen LogP contribution >= 0.6 is 11.6 Å². The van der Waals surface area contributed by atoms with E-state index in [1.807, 2.05) is 24.3 Å². The Morgan fingerprint density at radius 3 is 2.80 bits per heavy atom. The molecule has 1 atom stereocenters. The lowest BCUT2D eigenvalue weighted by Crippen LogP contribution is -2.43. The number of hydrogen-bond donors (Lipinski definition) is 1. The highest BCUT2D eigenvalue weighted by molar-refractivity contribution is 7.89. The summed E-state index contributed by atoms with van der Waals surface area (Å²) in [5, 5.41) is 4.06. The van der Waals surface area contributed by atoms with Gasteiger partial charge in [0.05, 0.1) is 10.8 Å². The molecule has 9 heteroatoms. The number of hydrogen-bond acceptors (Lipinski definition) is 6. The molecule has 2 aliphatic rings. The molecule has 4 rings (SSSR count). The van der Waals surface area contributed by atoms with Gasteiger partial charge in [0.25, 0.3) is 0 Å². The minimum absolute atomic E-state index is 0.0219. The van der Waals surface area contributed by atoms with Crippen LogP contribution in [0, 0.1) is 11.8 Å². The zero-order chi connectivity index (χ0) is 24.8. The number of halogens is 1. The van der Waals surface area contributed by atoms with Crippen molar-refractivity contribution in [3.8, 4) is 11.1 Å². The summed E-state index contributed by atoms with van der Waals surface area (Å²) in [6, 6.07) is 9.98. The Balaban J connectivity index is 1.43. The zero-order valence-electron chi connectivity index (χ0n) is 20.2. The maximum Gasteiger partial charge on any atom is 0.213 e. The Hall–Kier alpha value is -2.00. The van der Waals surface area contributed by atoms with Crippen LogP contribution in [0.3, 0.4) is 0 Å². The predicted molar refractivity (Wildman–Crippen MR) is 139 cm³/mol. The molecule has 3 heterocycles. The molecule has 35 heavy (non-hydrogen) atoms. The third-order valence-corrected chi connectivity index (χ3v) is 9.12. The second-order valence-corrected chi connectivity index (χ2v) is 12.1. The van der Waals surface area contributed by atoms with Gasteiger partial charge in [-0.15, -0.1) is 0 Å². The summed E-state index contributed by atoms with van der Waals surface area (Å²) in [4.78, 5) is 17.4. The molecule has 0 aliphatic carbocycles. The lowest BCUT2D eigenvalue weighted by molar-refractivity contribution is -0.123. The standard InChI is InChI=1S/C26H34ClN3O4S/c1-2-35(32,33)30-10-4-6-21(18-30)26(31)15-23-14-24(25(27)17-29-23)20-5-3-7-22(13-20)28-16-19-8-11-34-12-9-19/h3,5,7,13-14,17,19,21,28H,2,4,6,8-12,15-16,18H2,1H3/t21-/m0/s1. The van der Waals surface area contributed by atoms with Gasteiger partial charge in [-0.05, 0) is 62.3 Å². The van der Waals surface area contributed by atoms with E-state index >= 15 is 0 Å². The number of nitrogens with zero attached hydrogens (tertiary/aromatic N) is 2. The van der Waals surface area contributed by atoms with Crippen LogP contribution in [0.1, 0.15) is 38.3 Å². The molecular weight excluding hydrogens is 486 g/mol. The summed E-state index contributed by atoms with van der Waals surface area (Å²) in [7, 11) is -3.29. The van der Waals surface area contributed by atoms with Crippen LogP contribution in [0.2, 0.25) is 5.02 Å². The second kappa shape index (κ2) is 11.8. The summed E-state index contributed by atoms with van der Waals surface area (Å²) in [5.41, 5.74) is 3.46. The van der Waals surface area contributed by atoms with Gasteiger partial charge < -0.3 is 10.1 Å². The minimum Gasteiger partial charge on any atom is -0.385 e. The van der Waals surface area contributed by atoms with Crippen molar-refractivity contribution in [2.75, 3.05) is 43.9 Å². The highest BCUT2D eigenvalue weighted by Crippen LogP contribution is 2.31. The van der Waals surface area contributed by atoms with Crippen molar-refractivity contribution in [1.29, 1.82) is 0 Å². The van der Waals surface area contributed by atoms with Crippen molar-refractivity contribution in [3.63, 3.8) is 0 Å². The van der Waals surface area contributed by atoms with Crippen molar-refractivity contribution in [3.05, 3.63) is 47.2 Å². The number of nitrogens with one attached hydrogen (secondary N) is 1. The fourth-order valence-electron chi connectivity index (χ4n) is 4.77. The van der Waals surface area contributed by atoms with E-state index in [9.17, 15) is 13.2 Å². The topological polar surface area (TPSA) is 88.6 Å². The van der Waals surface area contributed by atoms with Gasteiger partial charge in [0, 0.05) is 68.3 Å². The van der Waals surface area contributed by atoms with Crippen LogP contribution in [0.25, 0.3) is 11.1 Å². The van der Waals surface area contributed by atoms with Gasteiger partial charge in [-0.25, -0.2) is 12.7 Å². The lowest BCUT2D eigenvalue weighted by atomic mass is 9.92. The number of pyridine rings is 1. The van der Waals surface area contributed by atoms with Gasteiger partial charge >= 0.3 is 0 Å². The van der Waals surface area contributed by atoms with Crippen molar-refractivity contribution in [1.82, 2.24) is 9.29 Å². The van der Waals surface area contributed by atoms with E-state index in [-0.39, 0.29) is 30.4 Å². The Morgan fingerprint density at radius 1 is 1.23 bits per heavy atom. The maximum absolute atomic E-state index is 13.0. The number of anilines is 1. The number of sulfonamides is 1. The molecule has 0 unspecified atom stereocenters. The van der Waals surface area contributed by atoms with Gasteiger partial charge in [0.2, 0.25) is 10.0 Å². The van der Waals surface area contributed by atoms with Gasteiger partial charge in [0.15, 0.2) is 0 Å². The molecule has 0 bridgehead atoms. The Morgan fingerprint density at radius 2 is 2.03 bits per heavy atom. The molecule has 2 fully saturated rings. The first-order chi connectivity index (χ1) is 16.9. The fourth-order valence-corrected chi connectivity index (χ4v) is 6.16. The molecule has 0 saturated carbocycles. The van der Waals surface area contributed by atoms with E-state index in [4.69, 9.17) is 16.3 Å². The van der Waals surface area contributed by atoms with Gasteiger partial charge in [0.1, 0.15) is 5.78 Å². The third-order valence-electron chi connectivity index (χ3n) is 6.97. The van der Waals surface area contributed by atoms with E-state index < -0.39 is 10.0 Å². The number of benzene rings is 1. The lowest BCUT2D eigenvalue weighted by Gasteiger charge is -2.30. The Bertz CT molecular complexity index is 1140. The van der Waals surface area contributed by atoms with Crippen LogP contribution in [-0.4, -0.2) is 62.1 Å². The fraction of sp³-hybridized carbons (Fsp3) is 0.538. The van der Waals surface area contributed by atoms with Crippen molar-refractivity contribution >= 4 is 33.1 Å². The normalized spacial score (nSPS) is 20.0. The molecule has 0 amide bonds. The highest BCUT2D eigenvalue weighted by atomic mass is 35.5. The summed E-state index contributed by atoms with van der Waals surface area (Å²) in [6.07, 6.45) is 5.30. The van der Waals surface area contributed by atoms with Crippen LogP contribution in [0.5, 0.6) is 0 Å². The number of carbonyl (C=O) groups is 1. The van der Waals surface area contributed by atoms with E-state index in [2.05, 4.69) is 16.4 Å². The first kappa shape index (κ1) is 26.1.